The van der Waals surface area contributed by atoms with E-state index < -0.39 is 5.25 Å². The van der Waals surface area contributed by atoms with Crippen LogP contribution in [0.25, 0.3) is 11.5 Å². The molecule has 0 saturated heterocycles. The smallest absolute Gasteiger partial charge is 0.277 e. The number of hydrogen-bond acceptors (Lipinski definition) is 8. The van der Waals surface area contributed by atoms with Crippen molar-refractivity contribution in [2.45, 2.75) is 24.3 Å². The van der Waals surface area contributed by atoms with Crippen LogP contribution in [0.5, 0.6) is 11.5 Å². The fourth-order valence-electron chi connectivity index (χ4n) is 2.63. The van der Waals surface area contributed by atoms with Crippen LogP contribution in [0.3, 0.4) is 0 Å². The number of nitrogens with one attached hydrogen (secondary N) is 2. The fourth-order valence-corrected chi connectivity index (χ4v) is 3.31. The van der Waals surface area contributed by atoms with E-state index in [2.05, 4.69) is 20.8 Å². The third kappa shape index (κ3) is 5.76. The number of benzene rings is 2. The van der Waals surface area contributed by atoms with Crippen LogP contribution in [0.15, 0.2) is 52.1 Å². The lowest BCUT2D eigenvalue weighted by atomic mass is 10.2. The summed E-state index contributed by atoms with van der Waals surface area (Å²) >= 11 is 1.14. The second kappa shape index (κ2) is 9.98. The summed E-state index contributed by atoms with van der Waals surface area (Å²) in [5.74, 6) is 1.08. The second-order valence-electron chi connectivity index (χ2n) is 6.45. The Morgan fingerprint density at radius 3 is 2.29 bits per heavy atom. The summed E-state index contributed by atoms with van der Waals surface area (Å²) in [7, 11) is 3.11. The van der Waals surface area contributed by atoms with E-state index in [4.69, 9.17) is 13.9 Å². The highest BCUT2D eigenvalue weighted by molar-refractivity contribution is 8.00. The third-order valence-corrected chi connectivity index (χ3v) is 5.10. The zero-order chi connectivity index (χ0) is 22.4. The molecule has 0 saturated carbocycles. The van der Waals surface area contributed by atoms with Crippen LogP contribution in [-0.2, 0) is 9.59 Å². The van der Waals surface area contributed by atoms with Gasteiger partial charge in [-0.3, -0.25) is 9.59 Å². The maximum atomic E-state index is 12.5. The molecule has 0 aliphatic heterocycles. The number of aromatic nitrogens is 2. The first kappa shape index (κ1) is 22.2. The van der Waals surface area contributed by atoms with Crippen LogP contribution in [-0.4, -0.2) is 41.5 Å². The summed E-state index contributed by atoms with van der Waals surface area (Å²) < 4.78 is 16.3. The average Bonchev–Trinajstić information content (AvgIpc) is 3.22. The minimum atomic E-state index is -0.485. The number of nitrogens with zero attached hydrogens (tertiary/aromatic N) is 2. The van der Waals surface area contributed by atoms with Crippen molar-refractivity contribution in [2.24, 2.45) is 0 Å². The highest BCUT2D eigenvalue weighted by Gasteiger charge is 2.20. The number of amides is 2. The minimum Gasteiger partial charge on any atom is -0.497 e. The molecule has 0 aliphatic rings. The van der Waals surface area contributed by atoms with Gasteiger partial charge in [-0.25, -0.2) is 0 Å². The molecule has 3 rings (SSSR count). The fraction of sp³-hybridized carbons (Fsp3) is 0.238. The summed E-state index contributed by atoms with van der Waals surface area (Å²) in [6.07, 6.45) is 0. The molecule has 2 aromatic carbocycles. The van der Waals surface area contributed by atoms with Crippen molar-refractivity contribution in [1.82, 2.24) is 10.2 Å². The normalized spacial score (nSPS) is 11.5. The lowest BCUT2D eigenvalue weighted by Gasteiger charge is -2.10. The third-order valence-electron chi connectivity index (χ3n) is 4.17. The molecule has 0 unspecified atom stereocenters. The van der Waals surface area contributed by atoms with Crippen LogP contribution in [0.1, 0.15) is 13.8 Å². The van der Waals surface area contributed by atoms with Gasteiger partial charge in [0.1, 0.15) is 11.5 Å². The number of carbonyl (C=O) groups excluding carboxylic acids is 2. The summed E-state index contributed by atoms with van der Waals surface area (Å²) in [6.45, 7) is 3.17. The van der Waals surface area contributed by atoms with E-state index in [1.165, 1.54) is 6.92 Å². The van der Waals surface area contributed by atoms with Gasteiger partial charge in [-0.2, -0.15) is 0 Å². The van der Waals surface area contributed by atoms with Gasteiger partial charge in [-0.15, -0.1) is 10.2 Å². The zero-order valence-corrected chi connectivity index (χ0v) is 18.3. The molecule has 1 atom stereocenters. The van der Waals surface area contributed by atoms with Crippen LogP contribution in [0, 0.1) is 0 Å². The number of rotatable bonds is 8. The first-order valence-corrected chi connectivity index (χ1v) is 10.2. The first-order valence-electron chi connectivity index (χ1n) is 9.30. The van der Waals surface area contributed by atoms with Gasteiger partial charge in [0.25, 0.3) is 11.1 Å². The summed E-state index contributed by atoms with van der Waals surface area (Å²) in [4.78, 5) is 23.6. The molecule has 0 spiro atoms. The van der Waals surface area contributed by atoms with Gasteiger partial charge in [-0.1, -0.05) is 11.8 Å². The summed E-state index contributed by atoms with van der Waals surface area (Å²) in [5, 5.41) is 13.3. The van der Waals surface area contributed by atoms with Crippen molar-refractivity contribution in [3.63, 3.8) is 0 Å². The Hall–Kier alpha value is -3.53. The van der Waals surface area contributed by atoms with E-state index in [0.29, 0.717) is 28.4 Å². The van der Waals surface area contributed by atoms with Crippen molar-refractivity contribution in [3.8, 4) is 23.0 Å². The van der Waals surface area contributed by atoms with E-state index >= 15 is 0 Å². The minimum absolute atomic E-state index is 0.159. The molecule has 2 amide bonds. The molecule has 2 N–H and O–H groups in total. The van der Waals surface area contributed by atoms with E-state index in [1.54, 1.807) is 63.6 Å². The van der Waals surface area contributed by atoms with Crippen LogP contribution in [0.4, 0.5) is 11.4 Å². The predicted octanol–water partition coefficient (Wildman–Crippen LogP) is 3.83. The molecule has 0 fully saturated rings. The highest BCUT2D eigenvalue weighted by Crippen LogP contribution is 2.34. The Bertz CT molecular complexity index is 1070. The van der Waals surface area contributed by atoms with Crippen LogP contribution >= 0.6 is 11.8 Å². The Labute approximate surface area is 183 Å². The molecule has 0 aliphatic carbocycles. The molecule has 0 bridgehead atoms. The molecule has 1 aromatic heterocycles. The van der Waals surface area contributed by atoms with Crippen molar-refractivity contribution in [2.75, 3.05) is 24.9 Å². The van der Waals surface area contributed by atoms with Crippen LogP contribution in [0.2, 0.25) is 0 Å². The molecule has 9 nitrogen and oxygen atoms in total. The molecular weight excluding hydrogens is 420 g/mol. The standard InChI is InChI=1S/C21H22N4O5S/c1-12(19(27)23-15-7-5-14(6-8-15)22-13(2)26)31-21-25-24-20(30-21)17-10-9-16(28-3)11-18(17)29-4/h5-12H,1-4H3,(H,22,26)(H,23,27)/t12-/m0/s1. The largest absolute Gasteiger partial charge is 0.497 e. The summed E-state index contributed by atoms with van der Waals surface area (Å²) in [5.41, 5.74) is 1.89. The predicted molar refractivity (Wildman–Crippen MR) is 118 cm³/mol. The maximum absolute atomic E-state index is 12.5. The molecule has 3 aromatic rings. The Morgan fingerprint density at radius 2 is 1.68 bits per heavy atom. The number of carbonyl (C=O) groups is 2. The lowest BCUT2D eigenvalue weighted by Crippen LogP contribution is -2.22. The van der Waals surface area contributed by atoms with Gasteiger partial charge in [0, 0.05) is 24.4 Å². The Kier molecular flexibility index (Phi) is 7.14. The van der Waals surface area contributed by atoms with Crippen molar-refractivity contribution >= 4 is 35.0 Å². The van der Waals surface area contributed by atoms with Crippen molar-refractivity contribution < 1.29 is 23.5 Å². The zero-order valence-electron chi connectivity index (χ0n) is 17.5. The monoisotopic (exact) mass is 442 g/mol. The lowest BCUT2D eigenvalue weighted by molar-refractivity contribution is -0.115. The Morgan fingerprint density at radius 1 is 1.00 bits per heavy atom. The molecule has 1 heterocycles. The average molecular weight is 442 g/mol. The number of anilines is 2. The molecule has 0 radical (unpaired) electrons. The Balaban J connectivity index is 1.63. The van der Waals surface area contributed by atoms with E-state index in [0.717, 1.165) is 11.8 Å². The summed E-state index contributed by atoms with van der Waals surface area (Å²) in [6, 6.07) is 12.1. The maximum Gasteiger partial charge on any atom is 0.277 e. The van der Waals surface area contributed by atoms with Gasteiger partial charge >= 0.3 is 0 Å². The van der Waals surface area contributed by atoms with Gasteiger partial charge in [-0.05, 0) is 43.3 Å². The quantitative estimate of drug-likeness (QED) is 0.506. The van der Waals surface area contributed by atoms with E-state index in [9.17, 15) is 9.59 Å². The van der Waals surface area contributed by atoms with Gasteiger partial charge in [0.15, 0.2) is 0 Å². The number of hydrogen-bond donors (Lipinski definition) is 2. The number of thioether (sulfide) groups is 1. The van der Waals surface area contributed by atoms with Gasteiger partial charge in [0.05, 0.1) is 25.0 Å². The van der Waals surface area contributed by atoms with Crippen molar-refractivity contribution in [3.05, 3.63) is 42.5 Å². The van der Waals surface area contributed by atoms with Gasteiger partial charge < -0.3 is 24.5 Å². The van der Waals surface area contributed by atoms with Gasteiger partial charge in [0.2, 0.25) is 11.8 Å². The first-order chi connectivity index (χ1) is 14.9. The second-order valence-corrected chi connectivity index (χ2v) is 7.74. The molecular formula is C21H22N4O5S. The van der Waals surface area contributed by atoms with E-state index in [-0.39, 0.29) is 22.9 Å². The topological polar surface area (TPSA) is 116 Å². The molecule has 10 heteroatoms. The molecule has 162 valence electrons. The van der Waals surface area contributed by atoms with Crippen molar-refractivity contribution in [1.29, 1.82) is 0 Å². The van der Waals surface area contributed by atoms with Crippen LogP contribution < -0.4 is 20.1 Å². The SMILES string of the molecule is COc1ccc(-c2nnc(S[C@@H](C)C(=O)Nc3ccc(NC(C)=O)cc3)o2)c(OC)c1. The highest BCUT2D eigenvalue weighted by atomic mass is 32.2. The number of ether oxygens (including phenoxy) is 2. The van der Waals surface area contributed by atoms with E-state index in [1.807, 2.05) is 0 Å². The number of methoxy groups -OCH3 is 2. The molecule has 31 heavy (non-hydrogen) atoms.